The second-order valence-corrected chi connectivity index (χ2v) is 8.97. The highest BCUT2D eigenvalue weighted by Crippen LogP contribution is 2.44. The van der Waals surface area contributed by atoms with E-state index in [9.17, 15) is 9.59 Å². The van der Waals surface area contributed by atoms with Crippen molar-refractivity contribution >= 4 is 23.1 Å². The number of hydrogen-bond donors (Lipinski definition) is 0. The number of benzene rings is 3. The summed E-state index contributed by atoms with van der Waals surface area (Å²) in [5.41, 5.74) is 5.73. The van der Waals surface area contributed by atoms with Crippen LogP contribution in [0.2, 0.25) is 0 Å². The minimum atomic E-state index is -0.867. The molecule has 0 spiro atoms. The van der Waals surface area contributed by atoms with Crippen LogP contribution in [-0.2, 0) is 9.53 Å². The number of carbonyl (C=O) groups is 2. The largest absolute Gasteiger partial charge is 0.448 e. The van der Waals surface area contributed by atoms with Gasteiger partial charge in [0.15, 0.2) is 0 Å². The highest BCUT2D eigenvalue weighted by Gasteiger charge is 2.35. The maximum absolute atomic E-state index is 13.1. The zero-order chi connectivity index (χ0) is 24.5. The van der Waals surface area contributed by atoms with Crippen molar-refractivity contribution in [1.82, 2.24) is 20.1 Å². The zero-order valence-corrected chi connectivity index (χ0v) is 19.8. The maximum atomic E-state index is 13.1. The van der Waals surface area contributed by atoms with Crippen LogP contribution in [0.1, 0.15) is 30.9 Å². The highest BCUT2D eigenvalue weighted by atomic mass is 16.7. The summed E-state index contributed by atoms with van der Waals surface area (Å²) < 4.78 is 5.73. The molecule has 0 unspecified atom stereocenters. The fourth-order valence-corrected chi connectivity index (χ4v) is 4.74. The van der Waals surface area contributed by atoms with E-state index in [2.05, 4.69) is 34.6 Å². The molecule has 1 aliphatic carbocycles. The van der Waals surface area contributed by atoms with Gasteiger partial charge in [0.2, 0.25) is 0 Å². The average molecular weight is 471 g/mol. The van der Waals surface area contributed by atoms with E-state index in [1.54, 1.807) is 25.2 Å². The summed E-state index contributed by atoms with van der Waals surface area (Å²) in [6, 6.07) is 22.6. The van der Waals surface area contributed by atoms with E-state index < -0.39 is 18.1 Å². The molecule has 0 saturated heterocycles. The Hall–Kier alpha value is -4.20. The van der Waals surface area contributed by atoms with E-state index in [4.69, 9.17) is 9.57 Å². The minimum Gasteiger partial charge on any atom is -0.448 e. The number of rotatable bonds is 6. The van der Waals surface area contributed by atoms with Crippen LogP contribution in [0.25, 0.3) is 22.2 Å². The normalized spacial score (nSPS) is 13.4. The summed E-state index contributed by atoms with van der Waals surface area (Å²) >= 11 is 0. The first-order valence-corrected chi connectivity index (χ1v) is 11.6. The van der Waals surface area contributed by atoms with E-state index in [0.717, 1.165) is 27.1 Å². The van der Waals surface area contributed by atoms with E-state index in [1.807, 2.05) is 44.2 Å². The molecule has 35 heavy (non-hydrogen) atoms. The Morgan fingerprint density at radius 1 is 0.943 bits per heavy atom. The first-order chi connectivity index (χ1) is 17.0. The number of fused-ring (bicyclic) bond motifs is 4. The summed E-state index contributed by atoms with van der Waals surface area (Å²) in [5, 5.41) is 7.90. The number of para-hydroxylation sites is 1. The summed E-state index contributed by atoms with van der Waals surface area (Å²) in [6.07, 6.45) is -0.592. The van der Waals surface area contributed by atoms with Crippen molar-refractivity contribution in [2.24, 2.45) is 5.92 Å². The molecule has 1 aromatic heterocycles. The lowest BCUT2D eigenvalue weighted by atomic mass is 9.98. The van der Waals surface area contributed by atoms with Crippen molar-refractivity contribution in [2.45, 2.75) is 25.8 Å². The molecule has 1 atom stereocenters. The Kier molecular flexibility index (Phi) is 5.94. The van der Waals surface area contributed by atoms with E-state index in [0.29, 0.717) is 11.0 Å². The number of nitrogens with zero attached hydrogens (tertiary/aromatic N) is 4. The van der Waals surface area contributed by atoms with Gasteiger partial charge in [-0.3, -0.25) is 4.90 Å². The van der Waals surface area contributed by atoms with Crippen LogP contribution < -0.4 is 4.84 Å². The first kappa shape index (κ1) is 22.6. The summed E-state index contributed by atoms with van der Waals surface area (Å²) in [6.45, 7) is 3.86. The minimum absolute atomic E-state index is 0.0642. The first-order valence-electron chi connectivity index (χ1n) is 11.6. The molecule has 1 heterocycles. The van der Waals surface area contributed by atoms with Crippen molar-refractivity contribution in [3.8, 4) is 11.1 Å². The highest BCUT2D eigenvalue weighted by molar-refractivity contribution is 5.83. The van der Waals surface area contributed by atoms with Gasteiger partial charge >= 0.3 is 12.1 Å². The Morgan fingerprint density at radius 2 is 1.54 bits per heavy atom. The standard InChI is InChI=1S/C27H26N4O4/c1-17(2)25(26(32)35-31-24-15-9-8-14-23(24)28-29-31)30(3)27(33)34-16-22-20-12-6-4-10-18(20)19-11-5-7-13-21(19)22/h4-15,17,22,25H,16H2,1-3H3/t25-/m0/s1. The third kappa shape index (κ3) is 4.12. The Morgan fingerprint density at radius 3 is 2.20 bits per heavy atom. The molecule has 0 bridgehead atoms. The van der Waals surface area contributed by atoms with Crippen molar-refractivity contribution in [3.63, 3.8) is 0 Å². The second kappa shape index (κ2) is 9.21. The molecule has 4 aromatic rings. The molecule has 3 aromatic carbocycles. The quantitative estimate of drug-likeness (QED) is 0.391. The topological polar surface area (TPSA) is 86.6 Å². The molecule has 0 aliphatic heterocycles. The molecular weight excluding hydrogens is 444 g/mol. The number of ether oxygens (including phenoxy) is 1. The van der Waals surface area contributed by atoms with Gasteiger partial charge in [-0.25, -0.2) is 9.59 Å². The third-order valence-electron chi connectivity index (χ3n) is 6.41. The summed E-state index contributed by atoms with van der Waals surface area (Å²) in [4.78, 5) is 34.0. The fraction of sp³-hybridized carbons (Fsp3) is 0.259. The van der Waals surface area contributed by atoms with Crippen molar-refractivity contribution in [3.05, 3.63) is 83.9 Å². The predicted molar refractivity (Wildman–Crippen MR) is 131 cm³/mol. The molecule has 0 fully saturated rings. The molecule has 5 rings (SSSR count). The van der Waals surface area contributed by atoms with Crippen LogP contribution in [0.5, 0.6) is 0 Å². The van der Waals surface area contributed by atoms with E-state index in [1.165, 1.54) is 4.90 Å². The average Bonchev–Trinajstić information content (AvgIpc) is 3.41. The van der Waals surface area contributed by atoms with Crippen molar-refractivity contribution in [2.75, 3.05) is 13.7 Å². The lowest BCUT2D eigenvalue weighted by molar-refractivity contribution is -0.152. The van der Waals surface area contributed by atoms with Crippen LogP contribution in [0.3, 0.4) is 0 Å². The van der Waals surface area contributed by atoms with E-state index >= 15 is 0 Å². The van der Waals surface area contributed by atoms with Crippen LogP contribution in [0.4, 0.5) is 4.79 Å². The van der Waals surface area contributed by atoms with Gasteiger partial charge in [0.25, 0.3) is 0 Å². The molecular formula is C27H26N4O4. The van der Waals surface area contributed by atoms with Crippen molar-refractivity contribution in [1.29, 1.82) is 0 Å². The van der Waals surface area contributed by atoms with Gasteiger partial charge in [-0.1, -0.05) is 79.4 Å². The lowest BCUT2D eigenvalue weighted by Crippen LogP contribution is -2.49. The lowest BCUT2D eigenvalue weighted by Gasteiger charge is -2.28. The van der Waals surface area contributed by atoms with Gasteiger partial charge in [0.05, 0.1) is 0 Å². The van der Waals surface area contributed by atoms with Gasteiger partial charge in [-0.15, -0.1) is 5.10 Å². The van der Waals surface area contributed by atoms with Crippen molar-refractivity contribution < 1.29 is 19.2 Å². The van der Waals surface area contributed by atoms with Crippen LogP contribution in [0.15, 0.2) is 72.8 Å². The fourth-order valence-electron chi connectivity index (χ4n) is 4.74. The van der Waals surface area contributed by atoms with Gasteiger partial charge in [-0.05, 0) is 45.5 Å². The molecule has 0 N–H and O–H groups in total. The van der Waals surface area contributed by atoms with Crippen LogP contribution in [-0.4, -0.2) is 51.8 Å². The molecule has 0 saturated carbocycles. The molecule has 8 heteroatoms. The number of likely N-dealkylation sites (N-methyl/N-ethyl adjacent to an activating group) is 1. The number of hydrogen-bond acceptors (Lipinski definition) is 6. The smallest absolute Gasteiger partial charge is 0.410 e. The van der Waals surface area contributed by atoms with E-state index in [-0.39, 0.29) is 18.4 Å². The molecule has 8 nitrogen and oxygen atoms in total. The zero-order valence-electron chi connectivity index (χ0n) is 19.8. The number of aromatic nitrogens is 3. The predicted octanol–water partition coefficient (Wildman–Crippen LogP) is 4.29. The SMILES string of the molecule is CC(C)[C@@H](C(=O)On1nnc2ccccc21)N(C)C(=O)OCC1c2ccccc2-c2ccccc21. The maximum Gasteiger partial charge on any atom is 0.410 e. The van der Waals surface area contributed by atoms with Crippen LogP contribution in [0, 0.1) is 5.92 Å². The van der Waals surface area contributed by atoms with Crippen LogP contribution >= 0.6 is 0 Å². The third-order valence-corrected chi connectivity index (χ3v) is 6.41. The number of carbonyl (C=O) groups excluding carboxylic acids is 2. The monoisotopic (exact) mass is 470 g/mol. The van der Waals surface area contributed by atoms with Gasteiger partial charge in [0.1, 0.15) is 23.7 Å². The van der Waals surface area contributed by atoms with Gasteiger partial charge in [0, 0.05) is 13.0 Å². The Balaban J connectivity index is 1.30. The van der Waals surface area contributed by atoms with Gasteiger partial charge in [-0.2, -0.15) is 0 Å². The Labute approximate surface area is 203 Å². The Bertz CT molecular complexity index is 1350. The number of amides is 1. The van der Waals surface area contributed by atoms with Gasteiger partial charge < -0.3 is 9.57 Å². The molecule has 178 valence electrons. The summed E-state index contributed by atoms with van der Waals surface area (Å²) in [5.74, 6) is -0.903. The molecule has 1 aliphatic rings. The summed E-state index contributed by atoms with van der Waals surface area (Å²) in [7, 11) is 1.55. The molecule has 1 amide bonds. The second-order valence-electron chi connectivity index (χ2n) is 8.97. The molecule has 0 radical (unpaired) electrons.